The second kappa shape index (κ2) is 3.28. The molecule has 0 aromatic heterocycles. The minimum Gasteiger partial charge on any atom is -0.252 e. The van der Waals surface area contributed by atoms with Crippen LogP contribution in [0.25, 0.3) is 0 Å². The second-order valence-corrected chi connectivity index (χ2v) is 3.47. The van der Waals surface area contributed by atoms with Crippen molar-refractivity contribution in [2.45, 2.75) is 31.2 Å². The molecule has 0 bridgehead atoms. The highest BCUT2D eigenvalue weighted by molar-refractivity contribution is 8.67. The Morgan fingerprint density at radius 3 is 2.70 bits per heavy atom. The van der Waals surface area contributed by atoms with E-state index >= 15 is 0 Å². The Labute approximate surface area is 67.9 Å². The average molecular weight is 185 g/mol. The summed E-state index contributed by atoms with van der Waals surface area (Å²) in [5.74, 6) is -2.44. The van der Waals surface area contributed by atoms with E-state index in [1.54, 1.807) is 0 Å². The van der Waals surface area contributed by atoms with Gasteiger partial charge in [0.2, 0.25) is 5.92 Å². The Kier molecular flexibility index (Phi) is 2.82. The largest absolute Gasteiger partial charge is 0.252 e. The van der Waals surface area contributed by atoms with Crippen LogP contribution in [0.3, 0.4) is 0 Å². The summed E-state index contributed by atoms with van der Waals surface area (Å²) < 4.78 is 27.7. The van der Waals surface area contributed by atoms with E-state index in [2.05, 4.69) is 16.4 Å². The van der Waals surface area contributed by atoms with Gasteiger partial charge in [-0.2, -0.15) is 0 Å². The van der Waals surface area contributed by atoms with Gasteiger partial charge in [-0.15, -0.1) is 0 Å². The lowest BCUT2D eigenvalue weighted by Gasteiger charge is -2.08. The number of nitrogens with one attached hydrogen (secondary N) is 1. The number of rotatable bonds is 2. The van der Waals surface area contributed by atoms with Gasteiger partial charge in [0.1, 0.15) is 0 Å². The first kappa shape index (κ1) is 8.62. The molecule has 0 aliphatic heterocycles. The minimum absolute atomic E-state index is 0.0129. The van der Waals surface area contributed by atoms with Gasteiger partial charge in [-0.3, -0.25) is 4.72 Å². The predicted octanol–water partition coefficient (Wildman–Crippen LogP) is 2.26. The summed E-state index contributed by atoms with van der Waals surface area (Å²) in [6, 6.07) is -0.0579. The van der Waals surface area contributed by atoms with E-state index in [0.29, 0.717) is 6.42 Å². The summed E-state index contributed by atoms with van der Waals surface area (Å²) >= 11 is 3.81. The third kappa shape index (κ3) is 2.29. The Morgan fingerprint density at radius 2 is 2.30 bits per heavy atom. The third-order valence-electron chi connectivity index (χ3n) is 1.62. The Hall–Kier alpha value is 0.520. The van der Waals surface area contributed by atoms with Gasteiger partial charge in [0.15, 0.2) is 0 Å². The normalized spacial score (nSPS) is 30.9. The van der Waals surface area contributed by atoms with E-state index < -0.39 is 5.92 Å². The zero-order valence-electron chi connectivity index (χ0n) is 5.31. The smallest absolute Gasteiger partial charge is 0.249 e. The van der Waals surface area contributed by atoms with Gasteiger partial charge >= 0.3 is 0 Å². The van der Waals surface area contributed by atoms with E-state index in [1.165, 1.54) is 0 Å². The molecule has 1 nitrogen and oxygen atoms in total. The maximum Gasteiger partial charge on any atom is 0.249 e. The van der Waals surface area contributed by atoms with Crippen LogP contribution < -0.4 is 4.72 Å². The van der Waals surface area contributed by atoms with Crippen molar-refractivity contribution in [3.8, 4) is 0 Å². The van der Waals surface area contributed by atoms with E-state index in [0.717, 1.165) is 11.0 Å². The molecule has 1 aliphatic rings. The summed E-state index contributed by atoms with van der Waals surface area (Å²) in [7, 11) is 1.11. The van der Waals surface area contributed by atoms with Gasteiger partial charge in [-0.05, 0) is 17.4 Å². The molecule has 0 aromatic carbocycles. The molecule has 1 N–H and O–H groups in total. The first-order chi connectivity index (χ1) is 4.64. The SMILES string of the molecule is FC1(F)CCC(NSS)C1. The third-order valence-corrected chi connectivity index (χ3v) is 2.38. The van der Waals surface area contributed by atoms with E-state index in [4.69, 9.17) is 0 Å². The lowest BCUT2D eigenvalue weighted by molar-refractivity contribution is 0.00767. The molecule has 0 aromatic rings. The summed E-state index contributed by atoms with van der Waals surface area (Å²) in [4.78, 5) is 0. The zero-order chi connectivity index (χ0) is 7.61. The van der Waals surface area contributed by atoms with Crippen molar-refractivity contribution in [3.63, 3.8) is 0 Å². The van der Waals surface area contributed by atoms with Gasteiger partial charge in [-0.25, -0.2) is 8.78 Å². The van der Waals surface area contributed by atoms with Crippen LogP contribution in [0.4, 0.5) is 8.78 Å². The van der Waals surface area contributed by atoms with Crippen molar-refractivity contribution < 1.29 is 8.78 Å². The number of alkyl halides is 2. The number of halogens is 2. The molecule has 0 saturated heterocycles. The highest BCUT2D eigenvalue weighted by atomic mass is 33.1. The maximum atomic E-state index is 12.4. The standard InChI is InChI=1S/C5H9F2NS2/c6-5(7)2-1-4(3-5)8-10-9/h4,8-9H,1-3H2. The molecule has 10 heavy (non-hydrogen) atoms. The molecule has 1 rings (SSSR count). The van der Waals surface area contributed by atoms with Crippen molar-refractivity contribution in [1.82, 2.24) is 4.72 Å². The monoisotopic (exact) mass is 185 g/mol. The highest BCUT2D eigenvalue weighted by Gasteiger charge is 2.39. The summed E-state index contributed by atoms with van der Waals surface area (Å²) in [5, 5.41) is 0. The Morgan fingerprint density at radius 1 is 1.60 bits per heavy atom. The van der Waals surface area contributed by atoms with Gasteiger partial charge < -0.3 is 0 Å². The molecule has 1 atom stereocenters. The molecular formula is C5H9F2NS2. The highest BCUT2D eigenvalue weighted by Crippen LogP contribution is 2.35. The van der Waals surface area contributed by atoms with Crippen LogP contribution in [-0.4, -0.2) is 12.0 Å². The van der Waals surface area contributed by atoms with E-state index in [1.807, 2.05) is 0 Å². The summed E-state index contributed by atoms with van der Waals surface area (Å²) in [5.41, 5.74) is 0. The lowest BCUT2D eigenvalue weighted by Crippen LogP contribution is -2.20. The van der Waals surface area contributed by atoms with Crippen molar-refractivity contribution in [2.24, 2.45) is 0 Å². The van der Waals surface area contributed by atoms with E-state index in [-0.39, 0.29) is 18.9 Å². The average Bonchev–Trinajstić information content (AvgIpc) is 2.12. The van der Waals surface area contributed by atoms with Crippen LogP contribution in [0.5, 0.6) is 0 Å². The molecule has 0 spiro atoms. The molecule has 0 heterocycles. The van der Waals surface area contributed by atoms with Crippen LogP contribution in [0.1, 0.15) is 19.3 Å². The fourth-order valence-corrected chi connectivity index (χ4v) is 1.92. The molecule has 1 unspecified atom stereocenters. The molecule has 1 fully saturated rings. The summed E-state index contributed by atoms with van der Waals surface area (Å²) in [6.07, 6.45) is 0.528. The second-order valence-electron chi connectivity index (χ2n) is 2.50. The lowest BCUT2D eigenvalue weighted by atomic mass is 10.3. The van der Waals surface area contributed by atoms with Gasteiger partial charge in [0.05, 0.1) is 0 Å². The first-order valence-electron chi connectivity index (χ1n) is 3.08. The Bertz CT molecular complexity index is 120. The Balaban J connectivity index is 2.29. The van der Waals surface area contributed by atoms with Crippen molar-refractivity contribution in [2.75, 3.05) is 0 Å². The van der Waals surface area contributed by atoms with Crippen molar-refractivity contribution in [1.29, 1.82) is 0 Å². The van der Waals surface area contributed by atoms with Crippen LogP contribution in [0.2, 0.25) is 0 Å². The molecular weight excluding hydrogens is 176 g/mol. The van der Waals surface area contributed by atoms with Crippen molar-refractivity contribution >= 4 is 22.6 Å². The fourth-order valence-electron chi connectivity index (χ4n) is 1.13. The summed E-state index contributed by atoms with van der Waals surface area (Å²) in [6.45, 7) is 0. The number of hydrogen-bond donors (Lipinski definition) is 2. The first-order valence-corrected chi connectivity index (χ1v) is 4.95. The predicted molar refractivity (Wildman–Crippen MR) is 42.3 cm³/mol. The van der Waals surface area contributed by atoms with Crippen LogP contribution in [0.15, 0.2) is 0 Å². The van der Waals surface area contributed by atoms with Gasteiger partial charge in [0.25, 0.3) is 0 Å². The van der Waals surface area contributed by atoms with Crippen LogP contribution in [0, 0.1) is 0 Å². The number of thiol groups is 1. The van der Waals surface area contributed by atoms with Gasteiger partial charge in [-0.1, -0.05) is 11.7 Å². The van der Waals surface area contributed by atoms with Crippen LogP contribution in [-0.2, 0) is 0 Å². The minimum atomic E-state index is -2.44. The molecule has 60 valence electrons. The van der Waals surface area contributed by atoms with E-state index in [9.17, 15) is 8.78 Å². The zero-order valence-corrected chi connectivity index (χ0v) is 7.02. The molecule has 5 heteroatoms. The maximum absolute atomic E-state index is 12.4. The van der Waals surface area contributed by atoms with Gasteiger partial charge in [0, 0.05) is 18.9 Å². The molecule has 0 amide bonds. The molecule has 0 radical (unpaired) electrons. The quantitative estimate of drug-likeness (QED) is 0.389. The molecule has 1 aliphatic carbocycles. The van der Waals surface area contributed by atoms with Crippen LogP contribution >= 0.6 is 22.6 Å². The topological polar surface area (TPSA) is 12.0 Å². The van der Waals surface area contributed by atoms with Crippen molar-refractivity contribution in [3.05, 3.63) is 0 Å². The number of hydrogen-bond acceptors (Lipinski definition) is 3. The fraction of sp³-hybridized carbons (Fsp3) is 1.00. The molecule has 1 saturated carbocycles.